The maximum Gasteiger partial charge on any atom is 0.311 e. The lowest BCUT2D eigenvalue weighted by molar-refractivity contribution is -0.134. The molecular weight excluding hydrogens is 428 g/mol. The molecule has 0 aliphatic carbocycles. The lowest BCUT2D eigenvalue weighted by atomic mass is 9.71. The second-order valence-electron chi connectivity index (χ2n) is 9.74. The number of hydrogen-bond donors (Lipinski definition) is 2. The first kappa shape index (κ1) is 27.6. The number of rotatable bonds is 12. The highest BCUT2D eigenvalue weighted by Crippen LogP contribution is 2.41. The standard InChI is InChI=1S/C28H42N2O4/c1-8-12-13-25(31)34-24-15-14-21(16-20(24)5)28(9-2,10-3)22-17-23(30(11-4)18-22)26(32)29-19-27(6,7)33/h14-18,33H,8-13,19H2,1-7H3,(H,29,32). The van der Waals surface area contributed by atoms with Crippen LogP contribution in [0.5, 0.6) is 5.75 Å². The molecule has 1 aromatic carbocycles. The van der Waals surface area contributed by atoms with Gasteiger partial charge in [0.05, 0.1) is 5.60 Å². The number of nitrogens with zero attached hydrogens (tertiary/aromatic N) is 1. The summed E-state index contributed by atoms with van der Waals surface area (Å²) >= 11 is 0. The summed E-state index contributed by atoms with van der Waals surface area (Å²) in [7, 11) is 0. The Balaban J connectivity index is 2.41. The van der Waals surface area contributed by atoms with Crippen LogP contribution in [0.15, 0.2) is 30.5 Å². The van der Waals surface area contributed by atoms with Crippen molar-refractivity contribution in [3.8, 4) is 5.75 Å². The van der Waals surface area contributed by atoms with Crippen molar-refractivity contribution >= 4 is 11.9 Å². The van der Waals surface area contributed by atoms with Crippen molar-refractivity contribution in [2.45, 2.75) is 98.1 Å². The number of benzene rings is 1. The number of nitrogens with one attached hydrogen (secondary N) is 1. The molecule has 1 heterocycles. The van der Waals surface area contributed by atoms with Gasteiger partial charge in [-0.15, -0.1) is 0 Å². The summed E-state index contributed by atoms with van der Waals surface area (Å²) in [6, 6.07) is 8.01. The van der Waals surface area contributed by atoms with Gasteiger partial charge in [-0.3, -0.25) is 9.59 Å². The Labute approximate surface area is 204 Å². The molecule has 0 fully saturated rings. The van der Waals surface area contributed by atoms with E-state index in [1.807, 2.05) is 36.6 Å². The van der Waals surface area contributed by atoms with Gasteiger partial charge in [0.25, 0.3) is 5.91 Å². The van der Waals surface area contributed by atoms with Gasteiger partial charge in [0.1, 0.15) is 11.4 Å². The van der Waals surface area contributed by atoms with Gasteiger partial charge in [0.15, 0.2) is 0 Å². The second-order valence-corrected chi connectivity index (χ2v) is 9.74. The van der Waals surface area contributed by atoms with Crippen LogP contribution in [0.3, 0.4) is 0 Å². The molecule has 0 unspecified atom stereocenters. The summed E-state index contributed by atoms with van der Waals surface area (Å²) < 4.78 is 7.56. The fourth-order valence-electron chi connectivity index (χ4n) is 4.40. The van der Waals surface area contributed by atoms with E-state index in [1.165, 1.54) is 0 Å². The molecule has 0 bridgehead atoms. The summed E-state index contributed by atoms with van der Waals surface area (Å²) in [5.41, 5.74) is 2.48. The van der Waals surface area contributed by atoms with Crippen molar-refractivity contribution in [1.82, 2.24) is 9.88 Å². The number of aromatic nitrogens is 1. The Morgan fingerprint density at radius 2 is 1.74 bits per heavy atom. The van der Waals surface area contributed by atoms with E-state index in [4.69, 9.17) is 4.74 Å². The van der Waals surface area contributed by atoms with Crippen molar-refractivity contribution in [2.75, 3.05) is 6.54 Å². The highest BCUT2D eigenvalue weighted by molar-refractivity contribution is 5.93. The second kappa shape index (κ2) is 11.7. The van der Waals surface area contributed by atoms with Gasteiger partial charge in [-0.25, -0.2) is 0 Å². The van der Waals surface area contributed by atoms with Crippen LogP contribution in [-0.2, 0) is 16.8 Å². The SMILES string of the molecule is CCCCC(=O)Oc1ccc(C(CC)(CC)c2cc(C(=O)NCC(C)(C)O)n(CC)c2)cc1C. The van der Waals surface area contributed by atoms with Crippen LogP contribution >= 0.6 is 0 Å². The zero-order valence-electron chi connectivity index (χ0n) is 22.0. The molecule has 6 heteroatoms. The Bertz CT molecular complexity index is 981. The first-order chi connectivity index (χ1) is 16.0. The maximum atomic E-state index is 12.9. The normalized spacial score (nSPS) is 12.0. The minimum atomic E-state index is -0.974. The topological polar surface area (TPSA) is 80.6 Å². The predicted molar refractivity (Wildman–Crippen MR) is 136 cm³/mol. The molecule has 1 amide bonds. The van der Waals surface area contributed by atoms with E-state index in [2.05, 4.69) is 38.4 Å². The average molecular weight is 471 g/mol. The van der Waals surface area contributed by atoms with Gasteiger partial charge in [0.2, 0.25) is 0 Å². The summed E-state index contributed by atoms with van der Waals surface area (Å²) in [5, 5.41) is 12.8. The third kappa shape index (κ3) is 6.50. The number of aryl methyl sites for hydroxylation is 2. The van der Waals surface area contributed by atoms with Crippen molar-refractivity contribution in [1.29, 1.82) is 0 Å². The largest absolute Gasteiger partial charge is 0.426 e. The zero-order chi connectivity index (χ0) is 25.5. The van der Waals surface area contributed by atoms with Gasteiger partial charge in [-0.2, -0.15) is 0 Å². The van der Waals surface area contributed by atoms with E-state index in [-0.39, 0.29) is 23.8 Å². The molecule has 0 saturated heterocycles. The predicted octanol–water partition coefficient (Wildman–Crippen LogP) is 5.52. The van der Waals surface area contributed by atoms with Crippen molar-refractivity contribution in [3.05, 3.63) is 52.8 Å². The van der Waals surface area contributed by atoms with E-state index < -0.39 is 5.60 Å². The van der Waals surface area contributed by atoms with Crippen LogP contribution in [0.4, 0.5) is 0 Å². The monoisotopic (exact) mass is 470 g/mol. The molecule has 0 aliphatic heterocycles. The lowest BCUT2D eigenvalue weighted by Gasteiger charge is -2.32. The molecule has 34 heavy (non-hydrogen) atoms. The summed E-state index contributed by atoms with van der Waals surface area (Å²) in [6.07, 6.45) is 5.99. The number of carbonyl (C=O) groups is 2. The molecule has 2 aromatic rings. The molecule has 188 valence electrons. The quantitative estimate of drug-likeness (QED) is 0.316. The third-order valence-electron chi connectivity index (χ3n) is 6.60. The molecule has 2 rings (SSSR count). The van der Waals surface area contributed by atoms with Gasteiger partial charge < -0.3 is 19.7 Å². The average Bonchev–Trinajstić information content (AvgIpc) is 3.23. The Morgan fingerprint density at radius 1 is 1.06 bits per heavy atom. The van der Waals surface area contributed by atoms with Gasteiger partial charge >= 0.3 is 5.97 Å². The number of hydrogen-bond acceptors (Lipinski definition) is 4. The van der Waals surface area contributed by atoms with E-state index in [0.717, 1.165) is 42.4 Å². The number of ether oxygens (including phenoxy) is 1. The number of unbranched alkanes of at least 4 members (excludes halogenated alkanes) is 1. The van der Waals surface area contributed by atoms with Gasteiger partial charge in [-0.05, 0) is 75.8 Å². The van der Waals surface area contributed by atoms with Crippen LogP contribution in [-0.4, -0.2) is 33.7 Å². The van der Waals surface area contributed by atoms with Crippen LogP contribution in [0.25, 0.3) is 0 Å². The molecular formula is C28H42N2O4. The maximum absolute atomic E-state index is 12.9. The summed E-state index contributed by atoms with van der Waals surface area (Å²) in [6.45, 7) is 14.5. The number of amides is 1. The van der Waals surface area contributed by atoms with Crippen molar-refractivity contribution in [3.63, 3.8) is 0 Å². The fraction of sp³-hybridized carbons (Fsp3) is 0.571. The molecule has 0 radical (unpaired) electrons. The molecule has 0 saturated carbocycles. The molecule has 6 nitrogen and oxygen atoms in total. The fourth-order valence-corrected chi connectivity index (χ4v) is 4.40. The van der Waals surface area contributed by atoms with E-state index in [1.54, 1.807) is 13.8 Å². The molecule has 2 N–H and O–H groups in total. The Hall–Kier alpha value is -2.60. The summed E-state index contributed by atoms with van der Waals surface area (Å²) in [4.78, 5) is 25.0. The molecule has 0 atom stereocenters. The first-order valence-electron chi connectivity index (χ1n) is 12.5. The third-order valence-corrected chi connectivity index (χ3v) is 6.60. The molecule has 0 aliphatic rings. The number of aliphatic hydroxyl groups is 1. The van der Waals surface area contributed by atoms with Crippen molar-refractivity contribution in [2.24, 2.45) is 0 Å². The van der Waals surface area contributed by atoms with Gasteiger partial charge in [-0.1, -0.05) is 39.3 Å². The van der Waals surface area contributed by atoms with Crippen molar-refractivity contribution < 1.29 is 19.4 Å². The van der Waals surface area contributed by atoms with E-state index in [0.29, 0.717) is 24.4 Å². The Kier molecular flexibility index (Phi) is 9.51. The minimum absolute atomic E-state index is 0.181. The summed E-state index contributed by atoms with van der Waals surface area (Å²) in [5.74, 6) is 0.210. The molecule has 0 spiro atoms. The van der Waals surface area contributed by atoms with Crippen LogP contribution in [0.2, 0.25) is 0 Å². The number of esters is 1. The number of carbonyl (C=O) groups excluding carboxylic acids is 2. The smallest absolute Gasteiger partial charge is 0.311 e. The highest BCUT2D eigenvalue weighted by Gasteiger charge is 2.33. The Morgan fingerprint density at radius 3 is 2.26 bits per heavy atom. The molecule has 1 aromatic heterocycles. The first-order valence-corrected chi connectivity index (χ1v) is 12.5. The van der Waals surface area contributed by atoms with Crippen LogP contribution in [0.1, 0.15) is 101 Å². The van der Waals surface area contributed by atoms with Gasteiger partial charge in [0, 0.05) is 31.1 Å². The van der Waals surface area contributed by atoms with E-state index in [9.17, 15) is 14.7 Å². The van der Waals surface area contributed by atoms with Crippen LogP contribution < -0.4 is 10.1 Å². The minimum Gasteiger partial charge on any atom is -0.426 e. The lowest BCUT2D eigenvalue weighted by Crippen LogP contribution is -2.38. The van der Waals surface area contributed by atoms with Crippen LogP contribution in [0, 0.1) is 6.92 Å². The van der Waals surface area contributed by atoms with E-state index >= 15 is 0 Å². The highest BCUT2D eigenvalue weighted by atomic mass is 16.5. The zero-order valence-corrected chi connectivity index (χ0v) is 22.0.